The number of nitrogens with zero attached hydrogens (tertiary/aromatic N) is 3. The molecule has 1 fully saturated rings. The van der Waals surface area contributed by atoms with Crippen molar-refractivity contribution in [2.24, 2.45) is 5.92 Å². The smallest absolute Gasteiger partial charge is 0.205 e. The Hall–Kier alpha value is -1.12. The first-order chi connectivity index (χ1) is 9.17. The summed E-state index contributed by atoms with van der Waals surface area (Å²) in [5.41, 5.74) is 0. The molecule has 1 aliphatic rings. The van der Waals surface area contributed by atoms with Crippen molar-refractivity contribution in [2.75, 3.05) is 25.0 Å². The van der Waals surface area contributed by atoms with E-state index >= 15 is 0 Å². The van der Waals surface area contributed by atoms with E-state index in [1.54, 1.807) is 11.3 Å². The molecule has 1 aromatic rings. The van der Waals surface area contributed by atoms with E-state index in [0.29, 0.717) is 12.0 Å². The Balaban J connectivity index is 1.79. The van der Waals surface area contributed by atoms with Gasteiger partial charge < -0.3 is 5.32 Å². The molecule has 0 radical (unpaired) electrons. The normalized spacial score (nSPS) is 17.6. The Morgan fingerprint density at radius 2 is 2.16 bits per heavy atom. The minimum Gasteiger partial charge on any atom is -0.357 e. The van der Waals surface area contributed by atoms with E-state index in [1.807, 2.05) is 0 Å². The van der Waals surface area contributed by atoms with Crippen molar-refractivity contribution in [3.8, 4) is 12.3 Å². The monoisotopic (exact) mass is 278 g/mol. The Bertz CT molecular complexity index is 427. The third-order valence-corrected chi connectivity index (χ3v) is 4.16. The summed E-state index contributed by atoms with van der Waals surface area (Å²) in [4.78, 5) is 2.32. The molecule has 1 N–H and O–H groups in total. The van der Waals surface area contributed by atoms with Gasteiger partial charge in [-0.1, -0.05) is 31.1 Å². The number of piperidine rings is 1. The first-order valence-electron chi connectivity index (χ1n) is 6.92. The van der Waals surface area contributed by atoms with Crippen LogP contribution in [-0.4, -0.2) is 40.8 Å². The Morgan fingerprint density at radius 1 is 1.42 bits per heavy atom. The van der Waals surface area contributed by atoms with Gasteiger partial charge in [0.2, 0.25) is 5.13 Å². The zero-order valence-electron chi connectivity index (χ0n) is 11.7. The zero-order chi connectivity index (χ0) is 13.7. The lowest BCUT2D eigenvalue weighted by Gasteiger charge is -2.30. The van der Waals surface area contributed by atoms with Gasteiger partial charge >= 0.3 is 0 Å². The van der Waals surface area contributed by atoms with Gasteiger partial charge in [0.15, 0.2) is 0 Å². The van der Waals surface area contributed by atoms with Gasteiger partial charge in [0.1, 0.15) is 5.01 Å². The maximum Gasteiger partial charge on any atom is 0.205 e. The largest absolute Gasteiger partial charge is 0.357 e. The van der Waals surface area contributed by atoms with Crippen LogP contribution in [-0.2, 0) is 6.42 Å². The van der Waals surface area contributed by atoms with Crippen molar-refractivity contribution < 1.29 is 0 Å². The molecule has 0 atom stereocenters. The number of rotatable bonds is 5. The predicted molar refractivity (Wildman–Crippen MR) is 80.4 cm³/mol. The lowest BCUT2D eigenvalue weighted by Crippen LogP contribution is -2.39. The second kappa shape index (κ2) is 6.88. The van der Waals surface area contributed by atoms with Crippen LogP contribution in [0.2, 0.25) is 0 Å². The van der Waals surface area contributed by atoms with Gasteiger partial charge in [0.25, 0.3) is 0 Å². The van der Waals surface area contributed by atoms with Gasteiger partial charge in [-0.05, 0) is 18.8 Å². The highest BCUT2D eigenvalue weighted by molar-refractivity contribution is 7.15. The van der Waals surface area contributed by atoms with E-state index in [4.69, 9.17) is 6.42 Å². The molecule has 0 aromatic carbocycles. The second-order valence-electron chi connectivity index (χ2n) is 5.50. The lowest BCUT2D eigenvalue weighted by molar-refractivity contribution is 0.243. The van der Waals surface area contributed by atoms with Crippen molar-refractivity contribution in [3.05, 3.63) is 5.01 Å². The fraction of sp³-hybridized carbons (Fsp3) is 0.714. The fourth-order valence-electron chi connectivity index (χ4n) is 2.28. The van der Waals surface area contributed by atoms with Crippen LogP contribution in [0.4, 0.5) is 5.13 Å². The van der Waals surface area contributed by atoms with E-state index in [9.17, 15) is 0 Å². The third kappa shape index (κ3) is 4.48. The molecule has 1 aromatic heterocycles. The number of nitrogens with one attached hydrogen (secondary N) is 1. The van der Waals surface area contributed by atoms with Gasteiger partial charge in [-0.15, -0.1) is 16.6 Å². The summed E-state index contributed by atoms with van der Waals surface area (Å²) in [6.45, 7) is 7.31. The van der Waals surface area contributed by atoms with Crippen LogP contribution in [0, 0.1) is 18.3 Å². The molecule has 1 saturated heterocycles. The van der Waals surface area contributed by atoms with E-state index < -0.39 is 0 Å². The fourth-order valence-corrected chi connectivity index (χ4v) is 3.31. The summed E-state index contributed by atoms with van der Waals surface area (Å²) < 4.78 is 0. The molecular formula is C14H22N4S. The van der Waals surface area contributed by atoms with Crippen LogP contribution in [0.1, 0.15) is 31.7 Å². The summed E-state index contributed by atoms with van der Waals surface area (Å²) in [6, 6.07) is 0.508. The van der Waals surface area contributed by atoms with Gasteiger partial charge in [-0.25, -0.2) is 0 Å². The molecule has 0 spiro atoms. The van der Waals surface area contributed by atoms with E-state index in [1.165, 1.54) is 0 Å². The predicted octanol–water partition coefficient (Wildman–Crippen LogP) is 2.25. The topological polar surface area (TPSA) is 41.0 Å². The zero-order valence-corrected chi connectivity index (χ0v) is 12.5. The minimum atomic E-state index is 0.508. The van der Waals surface area contributed by atoms with Crippen LogP contribution in [0.5, 0.6) is 0 Å². The molecule has 2 rings (SSSR count). The summed E-state index contributed by atoms with van der Waals surface area (Å²) in [7, 11) is 0. The van der Waals surface area contributed by atoms with Crippen LogP contribution in [0.3, 0.4) is 0 Å². The molecule has 1 aliphatic heterocycles. The van der Waals surface area contributed by atoms with Gasteiger partial charge in [-0.3, -0.25) is 4.90 Å². The van der Waals surface area contributed by atoms with Crippen molar-refractivity contribution in [1.29, 1.82) is 0 Å². The molecule has 19 heavy (non-hydrogen) atoms. The highest BCUT2D eigenvalue weighted by Gasteiger charge is 2.19. The number of likely N-dealkylation sites (tertiary alicyclic amines) is 1. The Morgan fingerprint density at radius 3 is 2.79 bits per heavy atom. The molecule has 5 heteroatoms. The SMILES string of the molecule is C#CCN1CCC(Nc2nnc(CC(C)C)s2)CC1. The minimum absolute atomic E-state index is 0.508. The quantitative estimate of drug-likeness (QED) is 0.839. The molecule has 0 saturated carbocycles. The van der Waals surface area contributed by atoms with E-state index in [2.05, 4.69) is 40.2 Å². The highest BCUT2D eigenvalue weighted by Crippen LogP contribution is 2.21. The Labute approximate surface area is 119 Å². The average molecular weight is 278 g/mol. The lowest BCUT2D eigenvalue weighted by atomic mass is 10.1. The number of hydrogen-bond donors (Lipinski definition) is 1. The van der Waals surface area contributed by atoms with Crippen LogP contribution < -0.4 is 5.32 Å². The van der Waals surface area contributed by atoms with Crippen molar-refractivity contribution in [3.63, 3.8) is 0 Å². The summed E-state index contributed by atoms with van der Waals surface area (Å²) >= 11 is 1.69. The van der Waals surface area contributed by atoms with Gasteiger partial charge in [0.05, 0.1) is 6.54 Å². The average Bonchev–Trinajstić information content (AvgIpc) is 2.78. The number of hydrogen-bond acceptors (Lipinski definition) is 5. The van der Waals surface area contributed by atoms with Crippen molar-refractivity contribution in [2.45, 2.75) is 39.2 Å². The molecule has 0 unspecified atom stereocenters. The number of anilines is 1. The number of aromatic nitrogens is 2. The maximum atomic E-state index is 5.34. The summed E-state index contributed by atoms with van der Waals surface area (Å²) in [5, 5.41) is 14.1. The first kappa shape index (κ1) is 14.3. The summed E-state index contributed by atoms with van der Waals surface area (Å²) in [6.07, 6.45) is 8.60. The first-order valence-corrected chi connectivity index (χ1v) is 7.73. The molecule has 0 aliphatic carbocycles. The second-order valence-corrected chi connectivity index (χ2v) is 6.56. The van der Waals surface area contributed by atoms with Crippen LogP contribution in [0.25, 0.3) is 0 Å². The molecular weight excluding hydrogens is 256 g/mol. The van der Waals surface area contributed by atoms with Crippen molar-refractivity contribution in [1.82, 2.24) is 15.1 Å². The van der Waals surface area contributed by atoms with Gasteiger partial charge in [-0.2, -0.15) is 0 Å². The molecule has 2 heterocycles. The standard InChI is InChI=1S/C14H22N4S/c1-4-7-18-8-5-12(6-9-18)15-14-17-16-13(19-14)10-11(2)3/h1,11-12H,5-10H2,2-3H3,(H,15,17). The third-order valence-electron chi connectivity index (χ3n) is 3.28. The Kier molecular flexibility index (Phi) is 5.17. The molecule has 4 nitrogen and oxygen atoms in total. The molecule has 0 bridgehead atoms. The summed E-state index contributed by atoms with van der Waals surface area (Å²) in [5.74, 6) is 3.34. The van der Waals surface area contributed by atoms with Crippen molar-refractivity contribution >= 4 is 16.5 Å². The van der Waals surface area contributed by atoms with Gasteiger partial charge in [0, 0.05) is 25.6 Å². The number of terminal acetylenes is 1. The molecule has 0 amide bonds. The molecule has 104 valence electrons. The van der Waals surface area contributed by atoms with Crippen LogP contribution in [0.15, 0.2) is 0 Å². The highest BCUT2D eigenvalue weighted by atomic mass is 32.1. The van der Waals surface area contributed by atoms with E-state index in [-0.39, 0.29) is 0 Å². The van der Waals surface area contributed by atoms with Crippen LogP contribution >= 0.6 is 11.3 Å². The maximum absolute atomic E-state index is 5.34. The van der Waals surface area contributed by atoms with E-state index in [0.717, 1.165) is 49.0 Å².